The van der Waals surface area contributed by atoms with E-state index in [4.69, 9.17) is 16.3 Å². The van der Waals surface area contributed by atoms with E-state index in [9.17, 15) is 13.2 Å². The molecule has 0 aliphatic heterocycles. The summed E-state index contributed by atoms with van der Waals surface area (Å²) in [5.74, 6) is 0.188. The molecule has 1 fully saturated rings. The largest absolute Gasteiger partial charge is 0.446 e. The minimum Gasteiger partial charge on any atom is -0.446 e. The third-order valence-electron chi connectivity index (χ3n) is 2.98. The molecule has 112 valence electrons. The second-order valence-corrected chi connectivity index (χ2v) is 6.82. The van der Waals surface area contributed by atoms with Gasteiger partial charge in [-0.3, -0.25) is 0 Å². The first-order valence-electron chi connectivity index (χ1n) is 6.37. The van der Waals surface area contributed by atoms with Gasteiger partial charge in [0.25, 0.3) is 0 Å². The molecule has 2 N–H and O–H groups in total. The SMILES string of the molecule is CC(C)OC(=O)NS(=O)(=O)NC1(CCl)CCCCC1. The van der Waals surface area contributed by atoms with E-state index in [0.29, 0.717) is 12.8 Å². The van der Waals surface area contributed by atoms with Crippen molar-refractivity contribution in [3.8, 4) is 0 Å². The van der Waals surface area contributed by atoms with Gasteiger partial charge in [-0.05, 0) is 26.7 Å². The van der Waals surface area contributed by atoms with Crippen LogP contribution in [0.5, 0.6) is 0 Å². The van der Waals surface area contributed by atoms with Crippen LogP contribution in [0.25, 0.3) is 0 Å². The first kappa shape index (κ1) is 16.5. The minimum absolute atomic E-state index is 0.188. The number of alkyl halides is 1. The van der Waals surface area contributed by atoms with Gasteiger partial charge in [-0.1, -0.05) is 19.3 Å². The molecule has 0 aromatic carbocycles. The lowest BCUT2D eigenvalue weighted by Crippen LogP contribution is -2.55. The Morgan fingerprint density at radius 2 is 1.89 bits per heavy atom. The molecule has 0 aromatic heterocycles. The van der Waals surface area contributed by atoms with Crippen molar-refractivity contribution in [2.75, 3.05) is 5.88 Å². The third-order valence-corrected chi connectivity index (χ3v) is 4.63. The molecular weight excluding hydrogens is 292 g/mol. The molecule has 8 heteroatoms. The highest BCUT2D eigenvalue weighted by molar-refractivity contribution is 7.88. The van der Waals surface area contributed by atoms with Crippen LogP contribution in [0.2, 0.25) is 0 Å². The summed E-state index contributed by atoms with van der Waals surface area (Å²) in [6, 6.07) is 0. The number of carbonyl (C=O) groups is 1. The zero-order valence-electron chi connectivity index (χ0n) is 11.2. The number of halogens is 1. The van der Waals surface area contributed by atoms with Crippen molar-refractivity contribution in [3.05, 3.63) is 0 Å². The van der Waals surface area contributed by atoms with Crippen LogP contribution in [0, 0.1) is 0 Å². The number of ether oxygens (including phenoxy) is 1. The minimum atomic E-state index is -3.96. The van der Waals surface area contributed by atoms with E-state index in [1.807, 2.05) is 4.72 Å². The van der Waals surface area contributed by atoms with Crippen molar-refractivity contribution in [3.63, 3.8) is 0 Å². The molecule has 1 rings (SSSR count). The summed E-state index contributed by atoms with van der Waals surface area (Å²) in [5, 5.41) is 0. The van der Waals surface area contributed by atoms with Gasteiger partial charge in [0.15, 0.2) is 0 Å². The van der Waals surface area contributed by atoms with Crippen LogP contribution in [0.4, 0.5) is 4.79 Å². The molecule has 0 atom stereocenters. The Bertz CT molecular complexity index is 405. The standard InChI is InChI=1S/C11H21ClN2O4S/c1-9(2)18-10(15)13-19(16,17)14-11(8-12)6-4-3-5-7-11/h9,14H,3-8H2,1-2H3,(H,13,15). The highest BCUT2D eigenvalue weighted by atomic mass is 35.5. The molecule has 0 heterocycles. The van der Waals surface area contributed by atoms with Gasteiger partial charge in [0, 0.05) is 11.4 Å². The van der Waals surface area contributed by atoms with Crippen molar-refractivity contribution in [1.29, 1.82) is 0 Å². The highest BCUT2D eigenvalue weighted by Crippen LogP contribution is 2.29. The molecule has 0 radical (unpaired) electrons. The monoisotopic (exact) mass is 312 g/mol. The van der Waals surface area contributed by atoms with Gasteiger partial charge in [0.05, 0.1) is 6.10 Å². The summed E-state index contributed by atoms with van der Waals surface area (Å²) in [5.41, 5.74) is -0.663. The summed E-state index contributed by atoms with van der Waals surface area (Å²) >= 11 is 5.89. The second kappa shape index (κ2) is 6.76. The Morgan fingerprint density at radius 3 is 2.37 bits per heavy atom. The van der Waals surface area contributed by atoms with Crippen LogP contribution < -0.4 is 9.44 Å². The molecule has 0 aromatic rings. The van der Waals surface area contributed by atoms with Crippen LogP contribution in [-0.4, -0.2) is 32.0 Å². The lowest BCUT2D eigenvalue weighted by Gasteiger charge is -2.35. The normalized spacial score (nSPS) is 19.2. The second-order valence-electron chi connectivity index (χ2n) is 5.14. The van der Waals surface area contributed by atoms with Gasteiger partial charge in [0.1, 0.15) is 0 Å². The summed E-state index contributed by atoms with van der Waals surface area (Å²) in [4.78, 5) is 11.3. The summed E-state index contributed by atoms with van der Waals surface area (Å²) in [7, 11) is -3.96. The fourth-order valence-corrected chi connectivity index (χ4v) is 3.73. The molecule has 6 nitrogen and oxygen atoms in total. The summed E-state index contributed by atoms with van der Waals surface area (Å²) in [6.07, 6.45) is 2.91. The average molecular weight is 313 g/mol. The van der Waals surface area contributed by atoms with E-state index in [-0.39, 0.29) is 12.0 Å². The molecule has 1 aliphatic rings. The fraction of sp³-hybridized carbons (Fsp3) is 0.909. The molecule has 0 unspecified atom stereocenters. The Balaban J connectivity index is 2.64. The van der Waals surface area contributed by atoms with Gasteiger partial charge in [0.2, 0.25) is 0 Å². The predicted molar refractivity (Wildman–Crippen MR) is 73.3 cm³/mol. The summed E-state index contributed by atoms with van der Waals surface area (Å²) in [6.45, 7) is 3.28. The van der Waals surface area contributed by atoms with Crippen molar-refractivity contribution in [2.24, 2.45) is 0 Å². The molecule has 1 amide bonds. The van der Waals surface area contributed by atoms with Gasteiger partial charge in [-0.15, -0.1) is 11.6 Å². The number of carbonyl (C=O) groups excluding carboxylic acids is 1. The Labute approximate surface area is 119 Å². The average Bonchev–Trinajstić information content (AvgIpc) is 2.27. The maximum absolute atomic E-state index is 11.9. The number of hydrogen-bond donors (Lipinski definition) is 2. The van der Waals surface area contributed by atoms with E-state index >= 15 is 0 Å². The van der Waals surface area contributed by atoms with Gasteiger partial charge >= 0.3 is 16.3 Å². The lowest BCUT2D eigenvalue weighted by molar-refractivity contribution is 0.121. The van der Waals surface area contributed by atoms with Gasteiger partial charge in [-0.2, -0.15) is 13.1 Å². The molecule has 1 saturated carbocycles. The smallest absolute Gasteiger partial charge is 0.422 e. The maximum Gasteiger partial charge on any atom is 0.422 e. The van der Waals surface area contributed by atoms with Crippen LogP contribution in [-0.2, 0) is 14.9 Å². The molecular formula is C11H21ClN2O4S. The first-order chi connectivity index (χ1) is 8.79. The van der Waals surface area contributed by atoms with Crippen molar-refractivity contribution in [1.82, 2.24) is 9.44 Å². The number of amides is 1. The fourth-order valence-electron chi connectivity index (χ4n) is 2.15. The topological polar surface area (TPSA) is 84.5 Å². The summed E-state index contributed by atoms with van der Waals surface area (Å²) < 4.78 is 32.8. The van der Waals surface area contributed by atoms with E-state index in [1.54, 1.807) is 13.8 Å². The van der Waals surface area contributed by atoms with Gasteiger partial charge in [-0.25, -0.2) is 9.52 Å². The zero-order chi connectivity index (χ0) is 14.5. The lowest BCUT2D eigenvalue weighted by atomic mass is 9.84. The van der Waals surface area contributed by atoms with Crippen LogP contribution in [0.1, 0.15) is 46.0 Å². The molecule has 0 bridgehead atoms. The predicted octanol–water partition coefficient (Wildman–Crippen LogP) is 1.90. The molecule has 1 aliphatic carbocycles. The quantitative estimate of drug-likeness (QED) is 0.759. The van der Waals surface area contributed by atoms with E-state index < -0.39 is 21.8 Å². The number of hydrogen-bond acceptors (Lipinski definition) is 4. The van der Waals surface area contributed by atoms with E-state index in [0.717, 1.165) is 19.3 Å². The molecule has 19 heavy (non-hydrogen) atoms. The van der Waals surface area contributed by atoms with Crippen molar-refractivity contribution >= 4 is 27.9 Å². The van der Waals surface area contributed by atoms with Crippen molar-refractivity contribution < 1.29 is 17.9 Å². The number of rotatable bonds is 5. The zero-order valence-corrected chi connectivity index (χ0v) is 12.8. The van der Waals surface area contributed by atoms with E-state index in [2.05, 4.69) is 4.72 Å². The number of nitrogens with one attached hydrogen (secondary N) is 2. The van der Waals surface area contributed by atoms with Gasteiger partial charge < -0.3 is 4.74 Å². The Kier molecular flexibility index (Phi) is 5.88. The maximum atomic E-state index is 11.9. The van der Waals surface area contributed by atoms with Crippen LogP contribution >= 0.6 is 11.6 Å². The first-order valence-corrected chi connectivity index (χ1v) is 8.39. The Hall–Kier alpha value is -0.530. The Morgan fingerprint density at radius 1 is 1.32 bits per heavy atom. The van der Waals surface area contributed by atoms with Crippen LogP contribution in [0.15, 0.2) is 0 Å². The van der Waals surface area contributed by atoms with Crippen LogP contribution in [0.3, 0.4) is 0 Å². The highest BCUT2D eigenvalue weighted by Gasteiger charge is 2.36. The molecule has 0 spiro atoms. The molecule has 0 saturated heterocycles. The van der Waals surface area contributed by atoms with Crippen molar-refractivity contribution in [2.45, 2.75) is 57.6 Å². The van der Waals surface area contributed by atoms with E-state index in [1.165, 1.54) is 0 Å². The third kappa shape index (κ3) is 5.54.